The quantitative estimate of drug-likeness (QED) is 0.558. The Morgan fingerprint density at radius 3 is 2.94 bits per heavy atom. The third-order valence-electron chi connectivity index (χ3n) is 1.97. The first-order chi connectivity index (χ1) is 8.25. The van der Waals surface area contributed by atoms with Crippen LogP contribution in [0.25, 0.3) is 0 Å². The minimum absolute atomic E-state index is 0.0615. The second-order valence-electron chi connectivity index (χ2n) is 3.12. The summed E-state index contributed by atoms with van der Waals surface area (Å²) in [7, 11) is 0. The Labute approximate surface area is 96.0 Å². The molecule has 0 aliphatic carbocycles. The summed E-state index contributed by atoms with van der Waals surface area (Å²) in [4.78, 5) is 17.5. The molecule has 0 radical (unpaired) electrons. The van der Waals surface area contributed by atoms with Crippen LogP contribution in [0.3, 0.4) is 0 Å². The third-order valence-corrected chi connectivity index (χ3v) is 1.97. The molecule has 0 aliphatic rings. The summed E-state index contributed by atoms with van der Waals surface area (Å²) in [5.41, 5.74) is -0.0615. The van der Waals surface area contributed by atoms with Gasteiger partial charge in [0.25, 0.3) is 5.69 Å². The number of nitro groups is 1. The van der Waals surface area contributed by atoms with Gasteiger partial charge in [0, 0.05) is 12.1 Å². The van der Waals surface area contributed by atoms with Crippen LogP contribution < -0.4 is 4.74 Å². The van der Waals surface area contributed by atoms with Crippen molar-refractivity contribution in [2.45, 2.75) is 6.54 Å². The summed E-state index contributed by atoms with van der Waals surface area (Å²) in [6, 6.07) is 2.80. The molecule has 0 fully saturated rings. The molecule has 0 unspecified atom stereocenters. The highest BCUT2D eigenvalue weighted by molar-refractivity contribution is 5.28. The van der Waals surface area contributed by atoms with Crippen LogP contribution in [0.15, 0.2) is 31.0 Å². The van der Waals surface area contributed by atoms with Crippen LogP contribution in [0, 0.1) is 10.1 Å². The molecule has 17 heavy (non-hydrogen) atoms. The Balaban J connectivity index is 1.85. The molecule has 88 valence electrons. The topological polar surface area (TPSA) is 96.0 Å². The normalized spacial score (nSPS) is 10.1. The van der Waals surface area contributed by atoms with Gasteiger partial charge in [-0.3, -0.25) is 10.1 Å². The van der Waals surface area contributed by atoms with Gasteiger partial charge in [0.15, 0.2) is 0 Å². The summed E-state index contributed by atoms with van der Waals surface area (Å²) in [5, 5.41) is 14.3. The minimum Gasteiger partial charge on any atom is -0.476 e. The summed E-state index contributed by atoms with van der Waals surface area (Å²) in [6.45, 7) is 0.910. The second kappa shape index (κ2) is 5.01. The molecule has 8 nitrogen and oxygen atoms in total. The van der Waals surface area contributed by atoms with Gasteiger partial charge in [-0.15, -0.1) is 0 Å². The van der Waals surface area contributed by atoms with E-state index in [1.54, 1.807) is 11.0 Å². The average molecular weight is 235 g/mol. The fourth-order valence-corrected chi connectivity index (χ4v) is 1.16. The summed E-state index contributed by atoms with van der Waals surface area (Å²) in [6.07, 6.45) is 4.17. The zero-order valence-electron chi connectivity index (χ0n) is 8.76. The van der Waals surface area contributed by atoms with Crippen molar-refractivity contribution in [1.29, 1.82) is 0 Å². The molecule has 0 spiro atoms. The fraction of sp³-hybridized carbons (Fsp3) is 0.222. The molecule has 2 rings (SSSR count). The van der Waals surface area contributed by atoms with E-state index in [1.807, 2.05) is 0 Å². The lowest BCUT2D eigenvalue weighted by Gasteiger charge is -2.04. The summed E-state index contributed by atoms with van der Waals surface area (Å²) in [5.74, 6) is 0.343. The van der Waals surface area contributed by atoms with Gasteiger partial charge in [0.05, 0.1) is 11.5 Å². The lowest BCUT2D eigenvalue weighted by molar-refractivity contribution is -0.385. The van der Waals surface area contributed by atoms with Gasteiger partial charge < -0.3 is 4.74 Å². The molecule has 0 aromatic carbocycles. The summed E-state index contributed by atoms with van der Waals surface area (Å²) < 4.78 is 6.91. The van der Waals surface area contributed by atoms with E-state index >= 15 is 0 Å². The molecule has 2 heterocycles. The van der Waals surface area contributed by atoms with Gasteiger partial charge in [0.2, 0.25) is 5.88 Å². The lowest BCUT2D eigenvalue weighted by atomic mass is 10.4. The van der Waals surface area contributed by atoms with Gasteiger partial charge in [0.1, 0.15) is 25.5 Å². The number of pyridine rings is 1. The molecule has 0 saturated heterocycles. The molecule has 0 saturated carbocycles. The van der Waals surface area contributed by atoms with E-state index in [1.165, 1.54) is 18.5 Å². The first-order valence-electron chi connectivity index (χ1n) is 4.81. The Kier molecular flexibility index (Phi) is 3.24. The molecule has 0 atom stereocenters. The molecule has 0 N–H and O–H groups in total. The maximum atomic E-state index is 10.4. The summed E-state index contributed by atoms with van der Waals surface area (Å²) >= 11 is 0. The zero-order valence-corrected chi connectivity index (χ0v) is 8.76. The van der Waals surface area contributed by atoms with Crippen molar-refractivity contribution in [2.75, 3.05) is 6.61 Å². The predicted molar refractivity (Wildman–Crippen MR) is 56.4 cm³/mol. The van der Waals surface area contributed by atoms with E-state index in [4.69, 9.17) is 4.74 Å². The van der Waals surface area contributed by atoms with Crippen molar-refractivity contribution in [3.05, 3.63) is 41.1 Å². The molecule has 8 heteroatoms. The Morgan fingerprint density at radius 1 is 1.47 bits per heavy atom. The molecular formula is C9H9N5O3. The molecular weight excluding hydrogens is 226 g/mol. The lowest BCUT2D eigenvalue weighted by Crippen LogP contribution is -2.09. The van der Waals surface area contributed by atoms with E-state index in [0.717, 1.165) is 6.20 Å². The van der Waals surface area contributed by atoms with Crippen LogP contribution in [-0.4, -0.2) is 31.3 Å². The number of ether oxygens (including phenoxy) is 1. The van der Waals surface area contributed by atoms with Gasteiger partial charge in [-0.2, -0.15) is 5.10 Å². The van der Waals surface area contributed by atoms with Gasteiger partial charge in [-0.05, 0) is 0 Å². The van der Waals surface area contributed by atoms with E-state index in [2.05, 4.69) is 15.1 Å². The van der Waals surface area contributed by atoms with E-state index in [-0.39, 0.29) is 5.69 Å². The standard InChI is InChI=1S/C9H9N5O3/c15-14(16)8-1-2-9(11-5-8)17-4-3-13-7-10-6-12-13/h1-2,5-7H,3-4H2. The van der Waals surface area contributed by atoms with Crippen LogP contribution in [0.4, 0.5) is 5.69 Å². The highest BCUT2D eigenvalue weighted by Crippen LogP contribution is 2.13. The number of hydrogen-bond donors (Lipinski definition) is 0. The van der Waals surface area contributed by atoms with Gasteiger partial charge >= 0.3 is 0 Å². The van der Waals surface area contributed by atoms with Crippen molar-refractivity contribution >= 4 is 5.69 Å². The van der Waals surface area contributed by atoms with Crippen LogP contribution in [0.5, 0.6) is 5.88 Å². The van der Waals surface area contributed by atoms with Gasteiger partial charge in [-0.1, -0.05) is 0 Å². The maximum absolute atomic E-state index is 10.4. The molecule has 2 aromatic rings. The average Bonchev–Trinajstić information content (AvgIpc) is 2.83. The minimum atomic E-state index is -0.508. The Bertz CT molecular complexity index is 482. The number of aromatic nitrogens is 4. The van der Waals surface area contributed by atoms with Crippen molar-refractivity contribution in [1.82, 2.24) is 19.7 Å². The first kappa shape index (κ1) is 11.0. The zero-order chi connectivity index (χ0) is 12.1. The SMILES string of the molecule is O=[N+]([O-])c1ccc(OCCn2cncn2)nc1. The van der Waals surface area contributed by atoms with Crippen molar-refractivity contribution in [3.63, 3.8) is 0 Å². The van der Waals surface area contributed by atoms with Crippen LogP contribution in [0.1, 0.15) is 0 Å². The van der Waals surface area contributed by atoms with Crippen LogP contribution in [-0.2, 0) is 6.54 Å². The van der Waals surface area contributed by atoms with Gasteiger partial charge in [-0.25, -0.2) is 14.6 Å². The van der Waals surface area contributed by atoms with Crippen LogP contribution in [0.2, 0.25) is 0 Å². The number of rotatable bonds is 5. The molecule has 0 aliphatic heterocycles. The first-order valence-corrected chi connectivity index (χ1v) is 4.81. The maximum Gasteiger partial charge on any atom is 0.287 e. The predicted octanol–water partition coefficient (Wildman–Crippen LogP) is 0.660. The number of nitrogens with zero attached hydrogens (tertiary/aromatic N) is 5. The monoisotopic (exact) mass is 235 g/mol. The Hall–Kier alpha value is -2.51. The second-order valence-corrected chi connectivity index (χ2v) is 3.12. The smallest absolute Gasteiger partial charge is 0.287 e. The van der Waals surface area contributed by atoms with Crippen molar-refractivity contribution in [3.8, 4) is 5.88 Å². The van der Waals surface area contributed by atoms with Crippen molar-refractivity contribution in [2.24, 2.45) is 0 Å². The van der Waals surface area contributed by atoms with Crippen LogP contribution >= 0.6 is 0 Å². The van der Waals surface area contributed by atoms with Crippen molar-refractivity contribution < 1.29 is 9.66 Å². The Morgan fingerprint density at radius 2 is 2.35 bits per heavy atom. The highest BCUT2D eigenvalue weighted by atomic mass is 16.6. The largest absolute Gasteiger partial charge is 0.476 e. The number of hydrogen-bond acceptors (Lipinski definition) is 6. The van der Waals surface area contributed by atoms with E-state index in [9.17, 15) is 10.1 Å². The fourth-order valence-electron chi connectivity index (χ4n) is 1.16. The van der Waals surface area contributed by atoms with E-state index < -0.39 is 4.92 Å². The van der Waals surface area contributed by atoms with E-state index in [0.29, 0.717) is 19.0 Å². The molecule has 0 bridgehead atoms. The molecule has 2 aromatic heterocycles. The third kappa shape index (κ3) is 2.97. The highest BCUT2D eigenvalue weighted by Gasteiger charge is 2.05. The molecule has 0 amide bonds.